The van der Waals surface area contributed by atoms with E-state index in [1.54, 1.807) is 31.5 Å². The molecule has 1 saturated heterocycles. The Kier molecular flexibility index (Phi) is 6.95. The van der Waals surface area contributed by atoms with E-state index in [0.29, 0.717) is 30.2 Å². The summed E-state index contributed by atoms with van der Waals surface area (Å²) in [5.74, 6) is 2.60. The van der Waals surface area contributed by atoms with Crippen molar-refractivity contribution in [1.29, 1.82) is 0 Å². The topological polar surface area (TPSA) is 89.5 Å². The van der Waals surface area contributed by atoms with E-state index >= 15 is 0 Å². The number of benzene rings is 1. The van der Waals surface area contributed by atoms with Crippen LogP contribution < -0.4 is 14.8 Å². The predicted molar refractivity (Wildman–Crippen MR) is 130 cm³/mol. The number of piperidine rings is 1. The van der Waals surface area contributed by atoms with Crippen LogP contribution in [0.25, 0.3) is 0 Å². The van der Waals surface area contributed by atoms with Gasteiger partial charge in [-0.25, -0.2) is 9.97 Å². The number of nitrogens with one attached hydrogen (secondary N) is 1. The van der Waals surface area contributed by atoms with Gasteiger partial charge in [0.05, 0.1) is 12.8 Å². The zero-order valence-electron chi connectivity index (χ0n) is 20.2. The lowest BCUT2D eigenvalue weighted by molar-refractivity contribution is 0.0643. The van der Waals surface area contributed by atoms with Crippen LogP contribution in [0.15, 0.2) is 48.7 Å². The van der Waals surface area contributed by atoms with Crippen molar-refractivity contribution in [2.45, 2.75) is 38.7 Å². The summed E-state index contributed by atoms with van der Waals surface area (Å²) < 4.78 is 11.4. The summed E-state index contributed by atoms with van der Waals surface area (Å²) in [4.78, 5) is 29.1. The van der Waals surface area contributed by atoms with Crippen LogP contribution in [0.1, 0.15) is 47.3 Å². The number of likely N-dealkylation sites (tertiary alicyclic amines) is 1. The lowest BCUT2D eigenvalue weighted by Crippen LogP contribution is -2.48. The number of ether oxygens (including phenoxy) is 2. The number of hydrogen-bond acceptors (Lipinski definition) is 7. The van der Waals surface area contributed by atoms with Crippen LogP contribution in [-0.4, -0.2) is 53.0 Å². The van der Waals surface area contributed by atoms with Crippen molar-refractivity contribution in [2.24, 2.45) is 0 Å². The van der Waals surface area contributed by atoms with Crippen LogP contribution in [0.5, 0.6) is 11.5 Å². The molecule has 0 unspecified atom stereocenters. The molecule has 0 saturated carbocycles. The molecule has 1 aliphatic heterocycles. The molecule has 34 heavy (non-hydrogen) atoms. The summed E-state index contributed by atoms with van der Waals surface area (Å²) in [5, 5.41) is 3.10. The maximum atomic E-state index is 13.5. The second-order valence-electron chi connectivity index (χ2n) is 8.83. The van der Waals surface area contributed by atoms with Gasteiger partial charge in [-0.05, 0) is 50.1 Å². The fourth-order valence-electron chi connectivity index (χ4n) is 4.30. The molecule has 0 aliphatic carbocycles. The molecule has 0 spiro atoms. The molecule has 0 bridgehead atoms. The van der Waals surface area contributed by atoms with Crippen LogP contribution in [0.2, 0.25) is 0 Å². The van der Waals surface area contributed by atoms with Crippen LogP contribution in [0, 0.1) is 6.92 Å². The van der Waals surface area contributed by atoms with Crippen molar-refractivity contribution >= 4 is 11.7 Å². The average Bonchev–Trinajstić information content (AvgIpc) is 2.87. The van der Waals surface area contributed by atoms with E-state index in [0.717, 1.165) is 35.9 Å². The largest absolute Gasteiger partial charge is 0.493 e. The lowest BCUT2D eigenvalue weighted by atomic mass is 9.80. The fraction of sp³-hybridized carbons (Fsp3) is 0.385. The van der Waals surface area contributed by atoms with Gasteiger partial charge in [0, 0.05) is 49.1 Å². The quantitative estimate of drug-likeness (QED) is 0.569. The number of aryl methyl sites for hydroxylation is 1. The Labute approximate surface area is 200 Å². The van der Waals surface area contributed by atoms with Crippen LogP contribution in [-0.2, 0) is 12.0 Å². The smallest absolute Gasteiger partial charge is 0.254 e. The van der Waals surface area contributed by atoms with Crippen molar-refractivity contribution in [2.75, 3.05) is 32.6 Å². The van der Waals surface area contributed by atoms with Gasteiger partial charge in [0.2, 0.25) is 0 Å². The van der Waals surface area contributed by atoms with Gasteiger partial charge < -0.3 is 19.7 Å². The second kappa shape index (κ2) is 10.1. The molecule has 1 atom stereocenters. The Bertz CT molecular complexity index is 1150. The van der Waals surface area contributed by atoms with Gasteiger partial charge in [-0.2, -0.15) is 0 Å². The second-order valence-corrected chi connectivity index (χ2v) is 8.83. The zero-order valence-corrected chi connectivity index (χ0v) is 20.2. The van der Waals surface area contributed by atoms with Crippen LogP contribution in [0.4, 0.5) is 5.82 Å². The highest BCUT2D eigenvalue weighted by Crippen LogP contribution is 2.34. The first-order chi connectivity index (χ1) is 16.4. The SMILES string of the molecule is CNc1cc(C)nc([C@@]2(C)CCCN(C(=O)c3ccc(OC)c(OCc4ccccn4)c3)C2)n1. The summed E-state index contributed by atoms with van der Waals surface area (Å²) in [7, 11) is 3.43. The average molecular weight is 462 g/mol. The first-order valence-electron chi connectivity index (χ1n) is 11.5. The molecule has 8 nitrogen and oxygen atoms in total. The van der Waals surface area contributed by atoms with E-state index < -0.39 is 0 Å². The molecule has 1 amide bonds. The Morgan fingerprint density at radius 2 is 2.03 bits per heavy atom. The minimum atomic E-state index is -0.323. The van der Waals surface area contributed by atoms with E-state index in [9.17, 15) is 4.79 Å². The van der Waals surface area contributed by atoms with Gasteiger partial charge in [-0.1, -0.05) is 13.0 Å². The Hall–Kier alpha value is -3.68. The first kappa shape index (κ1) is 23.5. The maximum absolute atomic E-state index is 13.5. The summed E-state index contributed by atoms with van der Waals surface area (Å²) in [6.45, 7) is 5.63. The van der Waals surface area contributed by atoms with Gasteiger partial charge in [-0.3, -0.25) is 9.78 Å². The summed E-state index contributed by atoms with van der Waals surface area (Å²) in [6, 6.07) is 12.9. The highest BCUT2D eigenvalue weighted by molar-refractivity contribution is 5.95. The highest BCUT2D eigenvalue weighted by atomic mass is 16.5. The number of nitrogens with zero attached hydrogens (tertiary/aromatic N) is 4. The van der Waals surface area contributed by atoms with Crippen LogP contribution in [0.3, 0.4) is 0 Å². The predicted octanol–water partition coefficient (Wildman–Crippen LogP) is 4.00. The minimum Gasteiger partial charge on any atom is -0.493 e. The number of carbonyl (C=O) groups is 1. The van der Waals surface area contributed by atoms with E-state index in [1.165, 1.54) is 0 Å². The number of amides is 1. The Morgan fingerprint density at radius 3 is 2.76 bits per heavy atom. The standard InChI is InChI=1S/C26H31N5O3/c1-18-14-23(27-3)30-25(29-18)26(2)11-7-13-31(17-26)24(32)19-9-10-21(33-4)22(15-19)34-16-20-8-5-6-12-28-20/h5-6,8-10,12,14-15H,7,11,13,16-17H2,1-4H3,(H,27,29,30)/t26-/m0/s1. The first-order valence-corrected chi connectivity index (χ1v) is 11.5. The molecule has 3 heterocycles. The van der Waals surface area contributed by atoms with Crippen molar-refractivity contribution < 1.29 is 14.3 Å². The molecule has 1 aliphatic rings. The summed E-state index contributed by atoms with van der Waals surface area (Å²) >= 11 is 0. The van der Waals surface area contributed by atoms with E-state index in [4.69, 9.17) is 19.4 Å². The number of rotatable bonds is 7. The van der Waals surface area contributed by atoms with Crippen molar-refractivity contribution in [3.8, 4) is 11.5 Å². The third-order valence-electron chi connectivity index (χ3n) is 6.15. The number of aromatic nitrogens is 3. The lowest BCUT2D eigenvalue weighted by Gasteiger charge is -2.39. The minimum absolute atomic E-state index is 0.0437. The van der Waals surface area contributed by atoms with E-state index in [1.807, 2.05) is 43.1 Å². The molecule has 1 fully saturated rings. The Morgan fingerprint density at radius 1 is 1.18 bits per heavy atom. The third-order valence-corrected chi connectivity index (χ3v) is 6.15. The van der Waals surface area contributed by atoms with E-state index in [-0.39, 0.29) is 17.9 Å². The van der Waals surface area contributed by atoms with Gasteiger partial charge in [0.1, 0.15) is 18.2 Å². The Balaban J connectivity index is 1.54. The fourth-order valence-corrected chi connectivity index (χ4v) is 4.30. The molecule has 8 heteroatoms. The molecule has 1 aromatic carbocycles. The summed E-state index contributed by atoms with van der Waals surface area (Å²) in [6.07, 6.45) is 3.53. The molecule has 178 valence electrons. The van der Waals surface area contributed by atoms with Gasteiger partial charge in [0.15, 0.2) is 11.5 Å². The number of carbonyl (C=O) groups excluding carboxylic acids is 1. The number of hydrogen-bond donors (Lipinski definition) is 1. The monoisotopic (exact) mass is 461 g/mol. The molecular weight excluding hydrogens is 430 g/mol. The molecular formula is C26H31N5O3. The molecule has 1 N–H and O–H groups in total. The molecule has 2 aromatic heterocycles. The van der Waals surface area contributed by atoms with Crippen LogP contribution >= 0.6 is 0 Å². The van der Waals surface area contributed by atoms with E-state index in [2.05, 4.69) is 17.2 Å². The number of anilines is 1. The third kappa shape index (κ3) is 5.11. The highest BCUT2D eigenvalue weighted by Gasteiger charge is 2.37. The van der Waals surface area contributed by atoms with Gasteiger partial charge >= 0.3 is 0 Å². The molecule has 3 aromatic rings. The molecule has 0 radical (unpaired) electrons. The number of pyridine rings is 1. The zero-order chi connectivity index (χ0) is 24.1. The van der Waals surface area contributed by atoms with Gasteiger partial charge in [0.25, 0.3) is 5.91 Å². The number of methoxy groups -OCH3 is 1. The molecule has 4 rings (SSSR count). The van der Waals surface area contributed by atoms with Gasteiger partial charge in [-0.15, -0.1) is 0 Å². The van der Waals surface area contributed by atoms with Crippen molar-refractivity contribution in [1.82, 2.24) is 19.9 Å². The van der Waals surface area contributed by atoms with Crippen molar-refractivity contribution in [3.05, 3.63) is 71.4 Å². The normalized spacial score (nSPS) is 17.8. The summed E-state index contributed by atoms with van der Waals surface area (Å²) in [5.41, 5.74) is 1.94. The van der Waals surface area contributed by atoms with Crippen molar-refractivity contribution in [3.63, 3.8) is 0 Å². The maximum Gasteiger partial charge on any atom is 0.254 e.